The Kier molecular flexibility index (Phi) is 3.97. The number of hydrogen-bond acceptors (Lipinski definition) is 1. The van der Waals surface area contributed by atoms with E-state index < -0.39 is 10.8 Å². The first-order chi connectivity index (χ1) is 8.18. The Morgan fingerprint density at radius 1 is 0.941 bits per heavy atom. The summed E-state index contributed by atoms with van der Waals surface area (Å²) in [6.45, 7) is 1.92. The highest BCUT2D eigenvalue weighted by Crippen LogP contribution is 2.22. The molecular formula is C14H13ClOS. The van der Waals surface area contributed by atoms with Crippen LogP contribution in [0.1, 0.15) is 17.9 Å². The Hall–Kier alpha value is -1.12. The molecule has 0 N–H and O–H groups in total. The molecule has 88 valence electrons. The highest BCUT2D eigenvalue weighted by atomic mass is 35.5. The van der Waals surface area contributed by atoms with Gasteiger partial charge in [-0.2, -0.15) is 0 Å². The molecule has 0 bridgehead atoms. The minimum absolute atomic E-state index is 0.0192. The third kappa shape index (κ3) is 2.96. The smallest absolute Gasteiger partial charge is 0.0849 e. The number of rotatable bonds is 3. The van der Waals surface area contributed by atoms with Crippen LogP contribution in [0.15, 0.2) is 64.4 Å². The molecule has 1 nitrogen and oxygen atoms in total. The van der Waals surface area contributed by atoms with Gasteiger partial charge in [-0.1, -0.05) is 30.3 Å². The third-order valence-electron chi connectivity index (χ3n) is 2.51. The van der Waals surface area contributed by atoms with Crippen LogP contribution < -0.4 is 0 Å². The van der Waals surface area contributed by atoms with Crippen molar-refractivity contribution in [1.29, 1.82) is 0 Å². The maximum absolute atomic E-state index is 12.2. The minimum atomic E-state index is -1.11. The summed E-state index contributed by atoms with van der Waals surface area (Å²) < 4.78 is 12.2. The Labute approximate surface area is 109 Å². The largest absolute Gasteiger partial charge is 0.249 e. The van der Waals surface area contributed by atoms with Crippen LogP contribution in [0.5, 0.6) is 0 Å². The van der Waals surface area contributed by atoms with Crippen LogP contribution >= 0.6 is 11.6 Å². The van der Waals surface area contributed by atoms with E-state index in [1.54, 1.807) is 0 Å². The van der Waals surface area contributed by atoms with Gasteiger partial charge in [-0.15, -0.1) is 11.6 Å². The molecule has 0 saturated carbocycles. The van der Waals surface area contributed by atoms with E-state index in [4.69, 9.17) is 11.6 Å². The van der Waals surface area contributed by atoms with Crippen molar-refractivity contribution in [2.75, 3.05) is 0 Å². The van der Waals surface area contributed by atoms with Crippen molar-refractivity contribution in [3.05, 3.63) is 60.2 Å². The zero-order valence-corrected chi connectivity index (χ0v) is 11.0. The quantitative estimate of drug-likeness (QED) is 0.761. The molecule has 0 aromatic heterocycles. The van der Waals surface area contributed by atoms with Crippen molar-refractivity contribution in [2.45, 2.75) is 22.1 Å². The molecule has 2 aromatic rings. The van der Waals surface area contributed by atoms with E-state index in [-0.39, 0.29) is 5.38 Å². The zero-order valence-electron chi connectivity index (χ0n) is 9.47. The second-order valence-electron chi connectivity index (χ2n) is 3.77. The number of halogens is 1. The predicted molar refractivity (Wildman–Crippen MR) is 71.8 cm³/mol. The maximum Gasteiger partial charge on any atom is 0.0849 e. The van der Waals surface area contributed by atoms with Crippen molar-refractivity contribution < 1.29 is 4.21 Å². The van der Waals surface area contributed by atoms with Gasteiger partial charge in [0.25, 0.3) is 0 Å². The summed E-state index contributed by atoms with van der Waals surface area (Å²) in [7, 11) is -1.11. The topological polar surface area (TPSA) is 17.1 Å². The highest BCUT2D eigenvalue weighted by molar-refractivity contribution is 7.85. The fourth-order valence-corrected chi connectivity index (χ4v) is 2.74. The summed E-state index contributed by atoms with van der Waals surface area (Å²) >= 11 is 5.98. The van der Waals surface area contributed by atoms with Crippen molar-refractivity contribution in [2.24, 2.45) is 0 Å². The molecule has 0 amide bonds. The molecular weight excluding hydrogens is 252 g/mol. The standard InChI is InChI=1S/C14H13ClOS/c1-11(15)12-7-9-14(10-8-12)17(16)13-5-3-2-4-6-13/h2-11H,1H3. The summed E-state index contributed by atoms with van der Waals surface area (Å²) in [6, 6.07) is 17.0. The molecule has 0 spiro atoms. The van der Waals surface area contributed by atoms with Crippen molar-refractivity contribution in [3.63, 3.8) is 0 Å². The highest BCUT2D eigenvalue weighted by Gasteiger charge is 2.07. The van der Waals surface area contributed by atoms with Gasteiger partial charge >= 0.3 is 0 Å². The Bertz CT molecular complexity index is 506. The summed E-state index contributed by atoms with van der Waals surface area (Å²) in [6.07, 6.45) is 0. The van der Waals surface area contributed by atoms with Gasteiger partial charge in [0.1, 0.15) is 0 Å². The molecule has 2 unspecified atom stereocenters. The molecule has 2 rings (SSSR count). The van der Waals surface area contributed by atoms with Gasteiger partial charge in [-0.3, -0.25) is 0 Å². The predicted octanol–water partition coefficient (Wildman–Crippen LogP) is 4.15. The first-order valence-electron chi connectivity index (χ1n) is 5.39. The Balaban J connectivity index is 2.27. The lowest BCUT2D eigenvalue weighted by Crippen LogP contribution is -1.93. The van der Waals surface area contributed by atoms with Crippen molar-refractivity contribution in [3.8, 4) is 0 Å². The summed E-state index contributed by atoms with van der Waals surface area (Å²) in [5.41, 5.74) is 1.04. The normalized spacial score (nSPS) is 14.2. The number of benzene rings is 2. The van der Waals surface area contributed by atoms with Crippen LogP contribution in [0.25, 0.3) is 0 Å². The van der Waals surface area contributed by atoms with Gasteiger partial charge in [0.15, 0.2) is 0 Å². The van der Waals surface area contributed by atoms with E-state index in [9.17, 15) is 4.21 Å². The molecule has 17 heavy (non-hydrogen) atoms. The van der Waals surface area contributed by atoms with E-state index in [1.165, 1.54) is 0 Å². The third-order valence-corrected chi connectivity index (χ3v) is 4.16. The molecule has 0 saturated heterocycles. The van der Waals surface area contributed by atoms with E-state index in [0.29, 0.717) is 0 Å². The maximum atomic E-state index is 12.2. The van der Waals surface area contributed by atoms with E-state index in [0.717, 1.165) is 15.4 Å². The van der Waals surface area contributed by atoms with Gasteiger partial charge in [-0.25, -0.2) is 4.21 Å². The molecule has 2 atom stereocenters. The molecule has 3 heteroatoms. The molecule has 0 aliphatic heterocycles. The van der Waals surface area contributed by atoms with Crippen LogP contribution in [-0.2, 0) is 10.8 Å². The zero-order chi connectivity index (χ0) is 12.3. The number of hydrogen-bond donors (Lipinski definition) is 0. The molecule has 0 aliphatic rings. The molecule has 0 heterocycles. The van der Waals surface area contributed by atoms with Gasteiger partial charge in [-0.05, 0) is 36.8 Å². The minimum Gasteiger partial charge on any atom is -0.249 e. The fourth-order valence-electron chi connectivity index (χ4n) is 1.54. The fraction of sp³-hybridized carbons (Fsp3) is 0.143. The first-order valence-corrected chi connectivity index (χ1v) is 6.98. The van der Waals surface area contributed by atoms with Crippen LogP contribution in [-0.4, -0.2) is 4.21 Å². The van der Waals surface area contributed by atoms with E-state index in [1.807, 2.05) is 61.5 Å². The van der Waals surface area contributed by atoms with E-state index in [2.05, 4.69) is 0 Å². The van der Waals surface area contributed by atoms with E-state index >= 15 is 0 Å². The second kappa shape index (κ2) is 5.48. The summed E-state index contributed by atoms with van der Waals surface area (Å²) in [5, 5.41) is -0.0192. The van der Waals surface area contributed by atoms with Gasteiger partial charge < -0.3 is 0 Å². The number of alkyl halides is 1. The molecule has 0 radical (unpaired) electrons. The lowest BCUT2D eigenvalue weighted by molar-refractivity contribution is 0.683. The summed E-state index contributed by atoms with van der Waals surface area (Å²) in [4.78, 5) is 1.62. The lowest BCUT2D eigenvalue weighted by Gasteiger charge is -2.05. The van der Waals surface area contributed by atoms with Crippen LogP contribution in [0.3, 0.4) is 0 Å². The SMILES string of the molecule is CC(Cl)c1ccc(S(=O)c2ccccc2)cc1. The molecule has 2 aromatic carbocycles. The van der Waals surface area contributed by atoms with Crippen molar-refractivity contribution >= 4 is 22.4 Å². The second-order valence-corrected chi connectivity index (χ2v) is 5.90. The van der Waals surface area contributed by atoms with Crippen LogP contribution in [0.2, 0.25) is 0 Å². The molecule has 0 aliphatic carbocycles. The first kappa shape index (κ1) is 12.3. The van der Waals surface area contributed by atoms with Crippen LogP contribution in [0, 0.1) is 0 Å². The Morgan fingerprint density at radius 3 is 2.00 bits per heavy atom. The average Bonchev–Trinajstić information content (AvgIpc) is 2.39. The summed E-state index contributed by atoms with van der Waals surface area (Å²) in [5.74, 6) is 0. The average molecular weight is 265 g/mol. The lowest BCUT2D eigenvalue weighted by atomic mass is 10.2. The Morgan fingerprint density at radius 2 is 1.47 bits per heavy atom. The van der Waals surface area contributed by atoms with Crippen molar-refractivity contribution in [1.82, 2.24) is 0 Å². The van der Waals surface area contributed by atoms with Gasteiger partial charge in [0.05, 0.1) is 16.2 Å². The van der Waals surface area contributed by atoms with Gasteiger partial charge in [0.2, 0.25) is 0 Å². The van der Waals surface area contributed by atoms with Crippen LogP contribution in [0.4, 0.5) is 0 Å². The van der Waals surface area contributed by atoms with Gasteiger partial charge in [0, 0.05) is 9.79 Å². The molecule has 0 fully saturated rings. The monoisotopic (exact) mass is 264 g/mol.